The minimum Gasteiger partial charge on any atom is -0.493 e. The Morgan fingerprint density at radius 3 is 2.37 bits per heavy atom. The first-order valence-corrected chi connectivity index (χ1v) is 11.3. The molecular weight excluding hydrogens is 515 g/mol. The van der Waals surface area contributed by atoms with Gasteiger partial charge in [0.25, 0.3) is 11.8 Å². The zero-order valence-electron chi connectivity index (χ0n) is 18.2. The largest absolute Gasteiger partial charge is 0.493 e. The Balaban J connectivity index is 1.64. The first-order chi connectivity index (χ1) is 16.8. The van der Waals surface area contributed by atoms with Gasteiger partial charge in [0.2, 0.25) is 0 Å². The van der Waals surface area contributed by atoms with Crippen LogP contribution in [0.5, 0.6) is 11.5 Å². The van der Waals surface area contributed by atoms with E-state index < -0.39 is 17.8 Å². The van der Waals surface area contributed by atoms with Gasteiger partial charge >= 0.3 is 6.03 Å². The number of benzene rings is 3. The van der Waals surface area contributed by atoms with E-state index in [0.717, 1.165) is 4.90 Å². The predicted octanol–water partition coefficient (Wildman–Crippen LogP) is 5.90. The van der Waals surface area contributed by atoms with E-state index in [1.54, 1.807) is 54.6 Å². The van der Waals surface area contributed by atoms with E-state index in [2.05, 4.69) is 5.32 Å². The van der Waals surface area contributed by atoms with Gasteiger partial charge in [-0.25, -0.2) is 9.69 Å². The summed E-state index contributed by atoms with van der Waals surface area (Å²) in [4.78, 5) is 38.7. The molecule has 0 saturated carbocycles. The van der Waals surface area contributed by atoms with E-state index in [1.165, 1.54) is 19.3 Å². The number of nitrogens with zero attached hydrogens (tertiary/aromatic N) is 1. The van der Waals surface area contributed by atoms with Crippen LogP contribution in [0.3, 0.4) is 0 Å². The summed E-state index contributed by atoms with van der Waals surface area (Å²) < 4.78 is 11.2. The van der Waals surface area contributed by atoms with Crippen molar-refractivity contribution in [1.29, 1.82) is 0 Å². The number of nitrogens with one attached hydrogen (secondary N) is 1. The van der Waals surface area contributed by atoms with Crippen LogP contribution in [0.4, 0.5) is 10.5 Å². The van der Waals surface area contributed by atoms with Gasteiger partial charge in [-0.1, -0.05) is 59.1 Å². The summed E-state index contributed by atoms with van der Waals surface area (Å²) >= 11 is 18.6. The molecule has 3 aromatic carbocycles. The van der Waals surface area contributed by atoms with E-state index in [9.17, 15) is 14.4 Å². The highest BCUT2D eigenvalue weighted by Crippen LogP contribution is 2.38. The number of hydrogen-bond donors (Lipinski definition) is 1. The normalized spacial score (nSPS) is 14.8. The minimum absolute atomic E-state index is 0.0988. The molecule has 1 aliphatic heterocycles. The van der Waals surface area contributed by atoms with Gasteiger partial charge < -0.3 is 9.47 Å². The summed E-state index contributed by atoms with van der Waals surface area (Å²) in [6, 6.07) is 15.5. The highest BCUT2D eigenvalue weighted by molar-refractivity contribution is 6.39. The number of halogens is 3. The number of methoxy groups -OCH3 is 1. The molecule has 1 fully saturated rings. The van der Waals surface area contributed by atoms with Gasteiger partial charge in [0.15, 0.2) is 11.5 Å². The van der Waals surface area contributed by atoms with E-state index in [-0.39, 0.29) is 28.7 Å². The van der Waals surface area contributed by atoms with Crippen molar-refractivity contribution >= 4 is 64.4 Å². The van der Waals surface area contributed by atoms with Gasteiger partial charge in [-0.05, 0) is 48.0 Å². The number of barbiturate groups is 1. The predicted molar refractivity (Wildman–Crippen MR) is 134 cm³/mol. The Morgan fingerprint density at radius 2 is 1.69 bits per heavy atom. The average molecular weight is 532 g/mol. The maximum Gasteiger partial charge on any atom is 0.335 e. The Bertz CT molecular complexity index is 1360. The number of carbonyl (C=O) groups excluding carboxylic acids is 3. The molecule has 0 unspecified atom stereocenters. The Kier molecular flexibility index (Phi) is 7.31. The van der Waals surface area contributed by atoms with Crippen LogP contribution in [0.2, 0.25) is 15.1 Å². The zero-order valence-corrected chi connectivity index (χ0v) is 20.4. The molecule has 178 valence electrons. The molecule has 0 aliphatic carbocycles. The maximum atomic E-state index is 13.0. The standard InChI is InChI=1S/C25H17Cl3N2O5/c1-34-21-11-14(10-20(28)22(21)35-13-15-7-8-16(26)12-19(15)27)9-18-23(31)29-25(33)30(24(18)32)17-5-3-2-4-6-17/h2-12H,13H2,1H3,(H,29,31,33)/b18-9+. The van der Waals surface area contributed by atoms with Crippen molar-refractivity contribution in [2.24, 2.45) is 0 Å². The lowest BCUT2D eigenvalue weighted by atomic mass is 10.1. The van der Waals surface area contributed by atoms with Gasteiger partial charge in [0, 0.05) is 15.6 Å². The number of ether oxygens (including phenoxy) is 2. The molecule has 7 nitrogen and oxygen atoms in total. The smallest absolute Gasteiger partial charge is 0.335 e. The molecule has 1 aliphatic rings. The molecule has 0 radical (unpaired) electrons. The molecule has 0 bridgehead atoms. The van der Waals surface area contributed by atoms with Crippen molar-refractivity contribution in [1.82, 2.24) is 5.32 Å². The molecule has 1 N–H and O–H groups in total. The number of para-hydroxylation sites is 1. The first kappa shape index (κ1) is 24.6. The summed E-state index contributed by atoms with van der Waals surface area (Å²) in [5.41, 5.74) is 1.17. The molecular formula is C25H17Cl3N2O5. The Morgan fingerprint density at radius 1 is 0.943 bits per heavy atom. The van der Waals surface area contributed by atoms with Crippen LogP contribution in [0.1, 0.15) is 11.1 Å². The lowest BCUT2D eigenvalue weighted by Gasteiger charge is -2.26. The van der Waals surface area contributed by atoms with Crippen LogP contribution in [-0.4, -0.2) is 25.0 Å². The van der Waals surface area contributed by atoms with Gasteiger partial charge in [0.05, 0.1) is 17.8 Å². The molecule has 0 aromatic heterocycles. The highest BCUT2D eigenvalue weighted by atomic mass is 35.5. The molecule has 1 saturated heterocycles. The quantitative estimate of drug-likeness (QED) is 0.316. The molecule has 1 heterocycles. The third kappa shape index (κ3) is 5.27. The summed E-state index contributed by atoms with van der Waals surface area (Å²) in [6.45, 7) is 0.0988. The number of amides is 4. The van der Waals surface area contributed by atoms with Gasteiger partial charge in [-0.15, -0.1) is 0 Å². The summed E-state index contributed by atoms with van der Waals surface area (Å²) in [7, 11) is 1.43. The van der Waals surface area contributed by atoms with Crippen molar-refractivity contribution in [2.45, 2.75) is 6.61 Å². The van der Waals surface area contributed by atoms with Crippen molar-refractivity contribution in [3.8, 4) is 11.5 Å². The lowest BCUT2D eigenvalue weighted by Crippen LogP contribution is -2.54. The number of rotatable bonds is 6. The fourth-order valence-electron chi connectivity index (χ4n) is 3.39. The lowest BCUT2D eigenvalue weighted by molar-refractivity contribution is -0.122. The minimum atomic E-state index is -0.830. The Hall–Kier alpha value is -3.52. The number of imide groups is 2. The van der Waals surface area contributed by atoms with Crippen LogP contribution in [0.25, 0.3) is 6.08 Å². The first-order valence-electron chi connectivity index (χ1n) is 10.2. The SMILES string of the molecule is COc1cc(/C=C2\C(=O)NC(=O)N(c3ccccc3)C2=O)cc(Cl)c1OCc1ccc(Cl)cc1Cl. The monoisotopic (exact) mass is 530 g/mol. The maximum absolute atomic E-state index is 13.0. The Labute approximate surface area is 215 Å². The van der Waals surface area contributed by atoms with Crippen LogP contribution >= 0.6 is 34.8 Å². The fourth-order valence-corrected chi connectivity index (χ4v) is 4.12. The second-order valence-corrected chi connectivity index (χ2v) is 8.60. The second-order valence-electron chi connectivity index (χ2n) is 7.35. The van der Waals surface area contributed by atoms with Gasteiger partial charge in [0.1, 0.15) is 12.2 Å². The number of urea groups is 1. The molecule has 0 spiro atoms. The van der Waals surface area contributed by atoms with Crippen molar-refractivity contribution < 1.29 is 23.9 Å². The van der Waals surface area contributed by atoms with Crippen LogP contribution in [-0.2, 0) is 16.2 Å². The van der Waals surface area contributed by atoms with E-state index in [1.807, 2.05) is 0 Å². The topological polar surface area (TPSA) is 84.9 Å². The molecule has 4 amide bonds. The molecule has 10 heteroatoms. The van der Waals surface area contributed by atoms with Crippen molar-refractivity contribution in [3.63, 3.8) is 0 Å². The van der Waals surface area contributed by atoms with E-state index in [0.29, 0.717) is 26.9 Å². The molecule has 35 heavy (non-hydrogen) atoms. The fraction of sp³-hybridized carbons (Fsp3) is 0.0800. The van der Waals surface area contributed by atoms with Crippen LogP contribution in [0.15, 0.2) is 66.2 Å². The van der Waals surface area contributed by atoms with Crippen molar-refractivity contribution in [3.05, 3.63) is 92.4 Å². The summed E-state index contributed by atoms with van der Waals surface area (Å²) in [5.74, 6) is -1.06. The summed E-state index contributed by atoms with van der Waals surface area (Å²) in [6.07, 6.45) is 1.33. The third-order valence-corrected chi connectivity index (χ3v) is 5.93. The van der Waals surface area contributed by atoms with Gasteiger partial charge in [-0.3, -0.25) is 14.9 Å². The summed E-state index contributed by atoms with van der Waals surface area (Å²) in [5, 5.41) is 3.30. The zero-order chi connectivity index (χ0) is 25.1. The highest BCUT2D eigenvalue weighted by Gasteiger charge is 2.36. The van der Waals surface area contributed by atoms with Gasteiger partial charge in [-0.2, -0.15) is 0 Å². The second kappa shape index (κ2) is 10.4. The average Bonchev–Trinajstić information content (AvgIpc) is 2.82. The van der Waals surface area contributed by atoms with E-state index >= 15 is 0 Å². The van der Waals surface area contributed by atoms with Crippen molar-refractivity contribution in [2.75, 3.05) is 12.0 Å². The third-order valence-electron chi connectivity index (χ3n) is 5.07. The molecule has 0 atom stereocenters. The number of anilines is 1. The molecule has 3 aromatic rings. The van der Waals surface area contributed by atoms with Crippen LogP contribution < -0.4 is 19.7 Å². The van der Waals surface area contributed by atoms with Crippen LogP contribution in [0, 0.1) is 0 Å². The number of hydrogen-bond acceptors (Lipinski definition) is 5. The van der Waals surface area contributed by atoms with E-state index in [4.69, 9.17) is 44.3 Å². The number of carbonyl (C=O) groups is 3. The molecule has 4 rings (SSSR count).